The van der Waals surface area contributed by atoms with E-state index in [0.717, 1.165) is 9.64 Å². The lowest BCUT2D eigenvalue weighted by Crippen LogP contribution is -2.48. The standard InChI is InChI=1S/C16H12ClIN4O5S/c1-27-13-5-3-8(6-11(13)18)14(23)19-16(28)21-20-15(24)9-2-4-10(17)12(7-9)22(25)26/h2-7H,1H3,(H,20,24)(H2,19,21,23,28). The van der Waals surface area contributed by atoms with Crippen LogP contribution in [-0.2, 0) is 0 Å². The predicted molar refractivity (Wildman–Crippen MR) is 114 cm³/mol. The van der Waals surface area contributed by atoms with E-state index in [2.05, 4.69) is 16.2 Å². The van der Waals surface area contributed by atoms with E-state index in [9.17, 15) is 19.7 Å². The van der Waals surface area contributed by atoms with Crippen LogP contribution in [0, 0.1) is 13.7 Å². The molecule has 0 heterocycles. The minimum atomic E-state index is -0.701. The Bertz CT molecular complexity index is 972. The van der Waals surface area contributed by atoms with Crippen LogP contribution in [0.25, 0.3) is 0 Å². The first kappa shape index (κ1) is 21.8. The molecule has 0 atom stereocenters. The first-order valence-electron chi connectivity index (χ1n) is 7.42. The Hall–Kier alpha value is -2.51. The van der Waals surface area contributed by atoms with E-state index in [1.807, 2.05) is 22.6 Å². The maximum Gasteiger partial charge on any atom is 0.288 e. The van der Waals surface area contributed by atoms with Crippen LogP contribution in [0.3, 0.4) is 0 Å². The second-order valence-electron chi connectivity index (χ2n) is 5.13. The number of amides is 2. The van der Waals surface area contributed by atoms with Gasteiger partial charge in [0, 0.05) is 17.2 Å². The highest BCUT2D eigenvalue weighted by atomic mass is 127. The molecule has 0 radical (unpaired) electrons. The summed E-state index contributed by atoms with van der Waals surface area (Å²) in [4.78, 5) is 34.5. The van der Waals surface area contributed by atoms with E-state index in [0.29, 0.717) is 11.3 Å². The average molecular weight is 535 g/mol. The lowest BCUT2D eigenvalue weighted by atomic mass is 10.2. The van der Waals surface area contributed by atoms with E-state index in [1.54, 1.807) is 18.2 Å². The molecular weight excluding hydrogens is 523 g/mol. The van der Waals surface area contributed by atoms with E-state index < -0.39 is 22.4 Å². The van der Waals surface area contributed by atoms with Crippen LogP contribution in [0.2, 0.25) is 5.02 Å². The average Bonchev–Trinajstić information content (AvgIpc) is 2.66. The number of halogens is 2. The molecule has 2 aromatic rings. The van der Waals surface area contributed by atoms with Crippen molar-refractivity contribution in [2.45, 2.75) is 0 Å². The number of hydrogen-bond acceptors (Lipinski definition) is 6. The van der Waals surface area contributed by atoms with Crippen LogP contribution >= 0.6 is 46.4 Å². The van der Waals surface area contributed by atoms with Crippen molar-refractivity contribution < 1.29 is 19.2 Å². The molecule has 3 N–H and O–H groups in total. The Morgan fingerprint density at radius 1 is 1.14 bits per heavy atom. The van der Waals surface area contributed by atoms with Crippen molar-refractivity contribution in [3.8, 4) is 5.75 Å². The van der Waals surface area contributed by atoms with Crippen LogP contribution in [0.15, 0.2) is 36.4 Å². The van der Waals surface area contributed by atoms with Gasteiger partial charge in [0.2, 0.25) is 0 Å². The minimum Gasteiger partial charge on any atom is -0.496 e. The maximum absolute atomic E-state index is 12.2. The molecule has 2 amide bonds. The molecule has 0 bridgehead atoms. The molecule has 146 valence electrons. The number of nitro groups is 1. The highest BCUT2D eigenvalue weighted by Gasteiger charge is 2.17. The third-order valence-corrected chi connectivity index (χ3v) is 4.70. The Labute approximate surface area is 183 Å². The molecule has 0 unspecified atom stereocenters. The van der Waals surface area contributed by atoms with Crippen molar-refractivity contribution >= 4 is 69.0 Å². The number of thiocarbonyl (C=S) groups is 1. The number of methoxy groups -OCH3 is 1. The van der Waals surface area contributed by atoms with Crippen LogP contribution in [-0.4, -0.2) is 29.0 Å². The van der Waals surface area contributed by atoms with E-state index in [1.165, 1.54) is 19.2 Å². The molecular formula is C16H12ClIN4O5S. The summed E-state index contributed by atoms with van der Waals surface area (Å²) in [7, 11) is 1.52. The molecule has 0 aliphatic rings. The van der Waals surface area contributed by atoms with E-state index in [-0.39, 0.29) is 15.7 Å². The van der Waals surface area contributed by atoms with Gasteiger partial charge in [0.1, 0.15) is 10.8 Å². The second-order valence-corrected chi connectivity index (χ2v) is 7.11. The number of rotatable bonds is 4. The van der Waals surface area contributed by atoms with Gasteiger partial charge in [0.25, 0.3) is 17.5 Å². The van der Waals surface area contributed by atoms with E-state index in [4.69, 9.17) is 28.6 Å². The SMILES string of the molecule is COc1ccc(C(=O)NC(=S)NNC(=O)c2ccc(Cl)c([N+](=O)[O-])c2)cc1I. The Balaban J connectivity index is 1.96. The number of carbonyl (C=O) groups excluding carboxylic acids is 2. The number of nitrogens with one attached hydrogen (secondary N) is 3. The third-order valence-electron chi connectivity index (χ3n) is 3.34. The van der Waals surface area contributed by atoms with Crippen molar-refractivity contribution in [1.29, 1.82) is 0 Å². The van der Waals surface area contributed by atoms with Gasteiger partial charge in [-0.15, -0.1) is 0 Å². The fourth-order valence-corrected chi connectivity index (χ4v) is 3.06. The summed E-state index contributed by atoms with van der Waals surface area (Å²) < 4.78 is 5.86. The summed E-state index contributed by atoms with van der Waals surface area (Å²) in [5.74, 6) is -0.563. The Morgan fingerprint density at radius 3 is 2.39 bits per heavy atom. The van der Waals surface area contributed by atoms with Crippen LogP contribution in [0.1, 0.15) is 20.7 Å². The normalized spacial score (nSPS) is 9.96. The molecule has 9 nitrogen and oxygen atoms in total. The van der Waals surface area contributed by atoms with Gasteiger partial charge >= 0.3 is 0 Å². The topological polar surface area (TPSA) is 123 Å². The minimum absolute atomic E-state index is 0.0116. The van der Waals surface area contributed by atoms with Crippen molar-refractivity contribution in [2.24, 2.45) is 0 Å². The first-order valence-corrected chi connectivity index (χ1v) is 9.28. The number of hydrazine groups is 1. The molecule has 0 spiro atoms. The monoisotopic (exact) mass is 534 g/mol. The van der Waals surface area contributed by atoms with Crippen molar-refractivity contribution in [1.82, 2.24) is 16.2 Å². The molecule has 2 aromatic carbocycles. The Kier molecular flexibility index (Phi) is 7.48. The summed E-state index contributed by atoms with van der Waals surface area (Å²) in [6.45, 7) is 0. The molecule has 12 heteroatoms. The number of benzene rings is 2. The number of hydrogen-bond donors (Lipinski definition) is 3. The van der Waals surface area contributed by atoms with Crippen molar-refractivity contribution in [3.63, 3.8) is 0 Å². The predicted octanol–water partition coefficient (Wildman–Crippen LogP) is 2.81. The van der Waals surface area contributed by atoms with Crippen LogP contribution in [0.5, 0.6) is 5.75 Å². The number of carbonyl (C=O) groups is 2. The van der Waals surface area contributed by atoms with Gasteiger partial charge < -0.3 is 4.74 Å². The van der Waals surface area contributed by atoms with E-state index >= 15 is 0 Å². The first-order chi connectivity index (χ1) is 13.2. The van der Waals surface area contributed by atoms with Gasteiger partial charge in [0.15, 0.2) is 5.11 Å². The quantitative estimate of drug-likeness (QED) is 0.239. The zero-order chi connectivity index (χ0) is 20.8. The van der Waals surface area contributed by atoms with Crippen molar-refractivity contribution in [2.75, 3.05) is 7.11 Å². The van der Waals surface area contributed by atoms with Gasteiger partial charge in [-0.1, -0.05) is 11.6 Å². The number of nitrogens with zero attached hydrogens (tertiary/aromatic N) is 1. The molecule has 0 saturated heterocycles. The van der Waals surface area contributed by atoms with Gasteiger partial charge in [-0.05, 0) is 65.1 Å². The lowest BCUT2D eigenvalue weighted by molar-refractivity contribution is -0.384. The molecule has 0 fully saturated rings. The lowest BCUT2D eigenvalue weighted by Gasteiger charge is -2.11. The Morgan fingerprint density at radius 2 is 1.79 bits per heavy atom. The smallest absolute Gasteiger partial charge is 0.288 e. The molecule has 0 aromatic heterocycles. The zero-order valence-corrected chi connectivity index (χ0v) is 17.8. The summed E-state index contributed by atoms with van der Waals surface area (Å²) in [5, 5.41) is 13.0. The van der Waals surface area contributed by atoms with Crippen LogP contribution < -0.4 is 20.9 Å². The highest BCUT2D eigenvalue weighted by Crippen LogP contribution is 2.25. The summed E-state index contributed by atoms with van der Waals surface area (Å²) in [6.07, 6.45) is 0. The fraction of sp³-hybridized carbons (Fsp3) is 0.0625. The van der Waals surface area contributed by atoms with Gasteiger partial charge in [-0.25, -0.2) is 0 Å². The molecule has 2 rings (SSSR count). The van der Waals surface area contributed by atoms with Crippen molar-refractivity contribution in [3.05, 3.63) is 66.2 Å². The maximum atomic E-state index is 12.2. The molecule has 0 aliphatic carbocycles. The summed E-state index contributed by atoms with van der Waals surface area (Å²) in [5.41, 5.74) is 4.52. The highest BCUT2D eigenvalue weighted by molar-refractivity contribution is 14.1. The second kappa shape index (κ2) is 9.61. The zero-order valence-electron chi connectivity index (χ0n) is 14.1. The molecule has 28 heavy (non-hydrogen) atoms. The number of nitro benzene ring substituents is 1. The fourth-order valence-electron chi connectivity index (χ4n) is 1.99. The van der Waals surface area contributed by atoms with Gasteiger partial charge in [0.05, 0.1) is 15.6 Å². The summed E-state index contributed by atoms with van der Waals surface area (Å²) >= 11 is 12.7. The summed E-state index contributed by atoms with van der Waals surface area (Å²) in [6, 6.07) is 8.39. The molecule has 0 saturated carbocycles. The van der Waals surface area contributed by atoms with Crippen LogP contribution in [0.4, 0.5) is 5.69 Å². The molecule has 0 aliphatic heterocycles. The third kappa shape index (κ3) is 5.50. The largest absolute Gasteiger partial charge is 0.496 e. The number of ether oxygens (including phenoxy) is 1. The van der Waals surface area contributed by atoms with Gasteiger partial charge in [-0.2, -0.15) is 0 Å². The van der Waals surface area contributed by atoms with Gasteiger partial charge in [-0.3, -0.25) is 35.9 Å².